The van der Waals surface area contributed by atoms with E-state index >= 15 is 0 Å². The van der Waals surface area contributed by atoms with Crippen LogP contribution < -0.4 is 0 Å². The summed E-state index contributed by atoms with van der Waals surface area (Å²) in [5, 5.41) is 10.6. The van der Waals surface area contributed by atoms with Crippen LogP contribution in [-0.4, -0.2) is 96.7 Å². The molecular weight excluding hydrogens is 1310 g/mol. The molecule has 0 saturated heterocycles. The van der Waals surface area contributed by atoms with Gasteiger partial charge in [-0.15, -0.1) is 0 Å². The van der Waals surface area contributed by atoms with Crippen LogP contribution in [0.1, 0.15) is 349 Å². The fraction of sp³-hybridized carbons (Fsp3) is 0.778. The summed E-state index contributed by atoms with van der Waals surface area (Å²) in [5.41, 5.74) is 0. The van der Waals surface area contributed by atoms with Crippen molar-refractivity contribution in [1.82, 2.24) is 0 Å². The minimum Gasteiger partial charge on any atom is -0.462 e. The van der Waals surface area contributed by atoms with E-state index in [1.54, 1.807) is 0 Å². The third-order valence-electron chi connectivity index (χ3n) is 16.9. The van der Waals surface area contributed by atoms with Crippen molar-refractivity contribution in [3.8, 4) is 0 Å². The second-order valence-corrected chi connectivity index (χ2v) is 29.6. The highest BCUT2D eigenvalue weighted by Crippen LogP contribution is 2.45. The molecule has 0 bridgehead atoms. The van der Waals surface area contributed by atoms with Gasteiger partial charge in [0.05, 0.1) is 26.4 Å². The number of aliphatic hydroxyl groups is 1. The zero-order valence-corrected chi connectivity index (χ0v) is 65.2. The molecule has 100 heavy (non-hydrogen) atoms. The first-order valence-electron chi connectivity index (χ1n) is 39.8. The van der Waals surface area contributed by atoms with Crippen LogP contribution in [-0.2, 0) is 65.4 Å². The first-order valence-corrected chi connectivity index (χ1v) is 42.8. The number of carbonyl (C=O) groups is 4. The molecule has 0 heterocycles. The molecule has 0 aromatic carbocycles. The van der Waals surface area contributed by atoms with E-state index in [1.165, 1.54) is 135 Å². The molecule has 0 saturated carbocycles. The zero-order chi connectivity index (χ0) is 73.2. The van der Waals surface area contributed by atoms with E-state index in [2.05, 4.69) is 101 Å². The summed E-state index contributed by atoms with van der Waals surface area (Å²) in [6, 6.07) is 0. The van der Waals surface area contributed by atoms with Crippen molar-refractivity contribution in [2.24, 2.45) is 0 Å². The fourth-order valence-corrected chi connectivity index (χ4v) is 12.3. The Kier molecular flexibility index (Phi) is 70.8. The lowest BCUT2D eigenvalue weighted by atomic mass is 10.0. The van der Waals surface area contributed by atoms with E-state index < -0.39 is 97.5 Å². The number of carbonyl (C=O) groups excluding carboxylic acids is 4. The number of ether oxygens (including phenoxy) is 4. The highest BCUT2D eigenvalue weighted by atomic mass is 31.2. The van der Waals surface area contributed by atoms with Gasteiger partial charge in [-0.05, 0) is 116 Å². The molecule has 0 fully saturated rings. The maximum atomic E-state index is 13.1. The van der Waals surface area contributed by atoms with Crippen LogP contribution >= 0.6 is 15.6 Å². The van der Waals surface area contributed by atoms with Crippen molar-refractivity contribution in [3.05, 3.63) is 85.1 Å². The minimum absolute atomic E-state index is 0.0825. The van der Waals surface area contributed by atoms with Crippen molar-refractivity contribution in [2.45, 2.75) is 367 Å². The van der Waals surface area contributed by atoms with E-state index in [1.807, 2.05) is 12.2 Å². The van der Waals surface area contributed by atoms with Crippen molar-refractivity contribution < 1.29 is 80.2 Å². The van der Waals surface area contributed by atoms with Crippen molar-refractivity contribution in [3.63, 3.8) is 0 Å². The largest absolute Gasteiger partial charge is 0.472 e. The van der Waals surface area contributed by atoms with Crippen molar-refractivity contribution in [1.29, 1.82) is 0 Å². The van der Waals surface area contributed by atoms with Gasteiger partial charge in [-0.25, -0.2) is 9.13 Å². The summed E-state index contributed by atoms with van der Waals surface area (Å²) in [6.07, 6.45) is 75.7. The maximum absolute atomic E-state index is 13.1. The summed E-state index contributed by atoms with van der Waals surface area (Å²) in [5.74, 6) is -2.24. The average Bonchev–Trinajstić information content (AvgIpc) is 0.965. The molecule has 0 aliphatic carbocycles. The second kappa shape index (κ2) is 73.5. The Hall–Kier alpha value is -3.76. The van der Waals surface area contributed by atoms with Gasteiger partial charge in [0.1, 0.15) is 19.3 Å². The number of phosphoric acid groups is 2. The monoisotopic (exact) mass is 1450 g/mol. The molecule has 0 aromatic rings. The fourth-order valence-electron chi connectivity index (χ4n) is 10.7. The van der Waals surface area contributed by atoms with Crippen LogP contribution in [0.2, 0.25) is 0 Å². The number of esters is 4. The van der Waals surface area contributed by atoms with Gasteiger partial charge in [-0.3, -0.25) is 37.3 Å². The topological polar surface area (TPSA) is 237 Å². The lowest BCUT2D eigenvalue weighted by Gasteiger charge is -2.21. The quantitative estimate of drug-likeness (QED) is 0.0128. The van der Waals surface area contributed by atoms with E-state index in [0.29, 0.717) is 32.1 Å². The first kappa shape index (κ1) is 96.2. The van der Waals surface area contributed by atoms with Gasteiger partial charge in [0.25, 0.3) is 0 Å². The molecule has 0 aliphatic heterocycles. The zero-order valence-electron chi connectivity index (χ0n) is 63.4. The molecule has 19 heteroatoms. The minimum atomic E-state index is -4.98. The van der Waals surface area contributed by atoms with E-state index in [-0.39, 0.29) is 25.7 Å². The number of hydrogen-bond donors (Lipinski definition) is 3. The molecule has 0 aromatic heterocycles. The molecule has 0 amide bonds. The van der Waals surface area contributed by atoms with Gasteiger partial charge in [-0.2, -0.15) is 0 Å². The van der Waals surface area contributed by atoms with Crippen LogP contribution in [0.4, 0.5) is 0 Å². The van der Waals surface area contributed by atoms with Crippen molar-refractivity contribution >= 4 is 39.5 Å². The highest BCUT2D eigenvalue weighted by Gasteiger charge is 2.30. The summed E-state index contributed by atoms with van der Waals surface area (Å²) in [6.45, 7) is 4.78. The Morgan fingerprint density at radius 1 is 0.290 bits per heavy atom. The predicted octanol–water partition coefficient (Wildman–Crippen LogP) is 23.0. The van der Waals surface area contributed by atoms with Crippen LogP contribution in [0.5, 0.6) is 0 Å². The maximum Gasteiger partial charge on any atom is 0.472 e. The molecule has 17 nitrogen and oxygen atoms in total. The lowest BCUT2D eigenvalue weighted by Crippen LogP contribution is -2.30. The number of phosphoric ester groups is 2. The smallest absolute Gasteiger partial charge is 0.462 e. The van der Waals surface area contributed by atoms with Gasteiger partial charge in [0.2, 0.25) is 0 Å². The van der Waals surface area contributed by atoms with Crippen LogP contribution in [0.3, 0.4) is 0 Å². The molecule has 0 rings (SSSR count). The molecule has 580 valence electrons. The van der Waals surface area contributed by atoms with Crippen LogP contribution in [0, 0.1) is 0 Å². The van der Waals surface area contributed by atoms with Gasteiger partial charge in [-0.1, -0.05) is 293 Å². The Morgan fingerprint density at radius 3 is 0.890 bits per heavy atom. The molecule has 0 radical (unpaired) electrons. The molecular formula is C81H144O17P2. The number of rotatable bonds is 75. The second-order valence-electron chi connectivity index (χ2n) is 26.7. The Balaban J connectivity index is 5.39. The molecule has 2 unspecified atom stereocenters. The number of hydrogen-bond acceptors (Lipinski definition) is 15. The Labute approximate surface area is 608 Å². The number of aliphatic hydroxyl groups excluding tert-OH is 1. The predicted molar refractivity (Wildman–Crippen MR) is 409 cm³/mol. The summed E-state index contributed by atoms with van der Waals surface area (Å²) in [7, 11) is -9.96. The van der Waals surface area contributed by atoms with Crippen LogP contribution in [0.15, 0.2) is 85.1 Å². The molecule has 3 N–H and O–H groups in total. The average molecular weight is 1450 g/mol. The molecule has 0 aliphatic rings. The summed E-state index contributed by atoms with van der Waals surface area (Å²) < 4.78 is 68.5. The normalized spacial score (nSPS) is 14.3. The summed E-state index contributed by atoms with van der Waals surface area (Å²) >= 11 is 0. The molecule has 5 atom stereocenters. The van der Waals surface area contributed by atoms with E-state index in [9.17, 15) is 43.2 Å². The third kappa shape index (κ3) is 72.6. The van der Waals surface area contributed by atoms with E-state index in [0.717, 1.165) is 128 Å². The van der Waals surface area contributed by atoms with Gasteiger partial charge in [0, 0.05) is 25.7 Å². The van der Waals surface area contributed by atoms with Crippen LogP contribution in [0.25, 0.3) is 0 Å². The first-order chi connectivity index (χ1) is 48.7. The highest BCUT2D eigenvalue weighted by molar-refractivity contribution is 7.47. The van der Waals surface area contributed by atoms with Gasteiger partial charge in [0.15, 0.2) is 12.2 Å². The SMILES string of the molecule is CCCCC/C=C\C/C=C\C/C=C\C/C=C\CCCC(=O)OC[C@H](COP(=O)(O)OC[C@@H](O)COP(=O)(O)OC[C@@H](COC(=O)CCCCCCC/C=C\C=C/CCCCCC)OC(=O)CCCCCCC/C=C\CCCCCCCC)OC(=O)CCCCCCCCCCCCCCC. The number of allylic oxidation sites excluding steroid dienone is 14. The van der Waals surface area contributed by atoms with Gasteiger partial charge < -0.3 is 33.8 Å². The Morgan fingerprint density at radius 2 is 0.530 bits per heavy atom. The molecule has 0 spiro atoms. The lowest BCUT2D eigenvalue weighted by molar-refractivity contribution is -0.161. The third-order valence-corrected chi connectivity index (χ3v) is 18.8. The number of unbranched alkanes of at least 4 members (excludes halogenated alkanes) is 36. The standard InChI is InChI=1S/C81H144O17P2/c1-5-9-13-17-21-25-29-33-36-37-40-43-46-50-54-58-62-66-79(84)92-71-76(97-80(85)67-63-59-55-51-47-41-32-28-24-20-16-12-8-4)73-95-99(87,88)93-69-75(82)70-94-100(89,90)96-74-77(98-81(86)68-64-60-56-52-48-44-39-35-31-27-23-19-15-11-7-3)72-91-78(83)65-61-57-53-49-45-42-38-34-30-26-22-18-14-10-6-2/h21,25-26,30,33-36,38-40,43,50,54,75-77,82H,5-20,22-24,27-29,31-32,37,41-42,44-49,51-53,55-74H2,1-4H3,(H,87,88)(H,89,90)/b25-21-,30-26-,36-33-,38-34-,39-35-,43-40-,54-50-/t75-,76-,77-/m1/s1. The summed E-state index contributed by atoms with van der Waals surface area (Å²) in [4.78, 5) is 72.9. The Bertz CT molecular complexity index is 2230. The van der Waals surface area contributed by atoms with Crippen molar-refractivity contribution in [2.75, 3.05) is 39.6 Å². The van der Waals surface area contributed by atoms with Gasteiger partial charge >= 0.3 is 39.5 Å². The van der Waals surface area contributed by atoms with E-state index in [4.69, 9.17) is 37.0 Å².